The molecule has 4 aromatic rings. The Kier molecular flexibility index (Phi) is 3.51. The second-order valence-corrected chi connectivity index (χ2v) is 9.40. The molecule has 2 aliphatic heterocycles. The van der Waals surface area contributed by atoms with Crippen LogP contribution in [-0.4, -0.2) is 40.6 Å². The van der Waals surface area contributed by atoms with E-state index in [2.05, 4.69) is 16.4 Å². The van der Waals surface area contributed by atoms with Crippen LogP contribution >= 0.6 is 0 Å². The molecule has 3 aliphatic rings. The summed E-state index contributed by atoms with van der Waals surface area (Å²) in [6.07, 6.45) is 2.45. The highest BCUT2D eigenvalue weighted by Crippen LogP contribution is 2.55. The third-order valence-corrected chi connectivity index (χ3v) is 7.94. The zero-order valence-corrected chi connectivity index (χ0v) is 18.0. The van der Waals surface area contributed by atoms with Crippen LogP contribution in [0.2, 0.25) is 0 Å². The van der Waals surface area contributed by atoms with Gasteiger partial charge in [0.05, 0.1) is 11.8 Å². The number of nitrogens with zero attached hydrogens (tertiary/aromatic N) is 1. The summed E-state index contributed by atoms with van der Waals surface area (Å²) >= 11 is 0. The molecule has 2 fully saturated rings. The lowest BCUT2D eigenvalue weighted by molar-refractivity contribution is -0.139. The Balaban J connectivity index is 1.43. The van der Waals surface area contributed by atoms with Crippen molar-refractivity contribution in [1.82, 2.24) is 15.2 Å². The molecule has 2 N–H and O–H groups in total. The average Bonchev–Trinajstić information content (AvgIpc) is 3.55. The summed E-state index contributed by atoms with van der Waals surface area (Å²) in [5, 5.41) is 6.53. The number of benzene rings is 3. The van der Waals surface area contributed by atoms with Crippen molar-refractivity contribution >= 4 is 39.3 Å². The minimum Gasteiger partial charge on any atom is -0.361 e. The van der Waals surface area contributed by atoms with Crippen molar-refractivity contribution in [2.75, 3.05) is 7.05 Å². The quantitative estimate of drug-likeness (QED) is 0.474. The van der Waals surface area contributed by atoms with Crippen LogP contribution < -0.4 is 5.32 Å². The summed E-state index contributed by atoms with van der Waals surface area (Å²) in [7, 11) is 1.54. The lowest BCUT2D eigenvalue weighted by Crippen LogP contribution is -2.52. The Bertz CT molecular complexity index is 1530. The SMILES string of the molecule is CN1C(=O)[C@@H]2[C@H](Cc3cccc4[nH]ccc34)N[C@@]3(C(=O)c4cccc5cccc3c45)[C@@H]2C1=O. The van der Waals surface area contributed by atoms with Crippen molar-refractivity contribution in [3.05, 3.63) is 83.6 Å². The largest absolute Gasteiger partial charge is 0.361 e. The molecule has 4 atom stereocenters. The summed E-state index contributed by atoms with van der Waals surface area (Å²) in [6.45, 7) is 0. The zero-order valence-electron chi connectivity index (χ0n) is 18.0. The van der Waals surface area contributed by atoms with E-state index in [0.717, 1.165) is 32.8 Å². The van der Waals surface area contributed by atoms with Crippen molar-refractivity contribution in [2.45, 2.75) is 18.0 Å². The number of Topliss-reactive ketones (excluding diaryl/α,β-unsaturated/α-hetero) is 1. The monoisotopic (exact) mass is 435 g/mol. The smallest absolute Gasteiger partial charge is 0.235 e. The van der Waals surface area contributed by atoms with E-state index >= 15 is 0 Å². The number of amides is 2. The van der Waals surface area contributed by atoms with Gasteiger partial charge in [0, 0.05) is 35.8 Å². The number of aromatic amines is 1. The fraction of sp³-hybridized carbons (Fsp3) is 0.222. The third-order valence-electron chi connectivity index (χ3n) is 7.94. The molecule has 33 heavy (non-hydrogen) atoms. The molecule has 1 spiro atoms. The predicted octanol–water partition coefficient (Wildman–Crippen LogP) is 3.16. The van der Waals surface area contributed by atoms with Gasteiger partial charge in [0.1, 0.15) is 5.54 Å². The van der Waals surface area contributed by atoms with E-state index in [4.69, 9.17) is 0 Å². The van der Waals surface area contributed by atoms with Crippen molar-refractivity contribution in [1.29, 1.82) is 0 Å². The van der Waals surface area contributed by atoms with E-state index in [1.54, 1.807) is 0 Å². The molecule has 3 heterocycles. The molecule has 0 bridgehead atoms. The van der Waals surface area contributed by atoms with Gasteiger partial charge in [-0.3, -0.25) is 24.6 Å². The van der Waals surface area contributed by atoms with E-state index in [1.165, 1.54) is 11.9 Å². The molecule has 3 aromatic carbocycles. The van der Waals surface area contributed by atoms with Gasteiger partial charge in [-0.15, -0.1) is 0 Å². The summed E-state index contributed by atoms with van der Waals surface area (Å²) in [4.78, 5) is 45.2. The first kappa shape index (κ1) is 18.8. The maximum atomic E-state index is 14.0. The first-order valence-electron chi connectivity index (χ1n) is 11.2. The van der Waals surface area contributed by atoms with Crippen LogP contribution in [0.25, 0.3) is 21.7 Å². The van der Waals surface area contributed by atoms with Crippen LogP contribution in [-0.2, 0) is 21.5 Å². The summed E-state index contributed by atoms with van der Waals surface area (Å²) in [6, 6.07) is 19.3. The highest BCUT2D eigenvalue weighted by molar-refractivity contribution is 6.23. The van der Waals surface area contributed by atoms with Crippen molar-refractivity contribution in [2.24, 2.45) is 11.8 Å². The summed E-state index contributed by atoms with van der Waals surface area (Å²) < 4.78 is 0. The van der Waals surface area contributed by atoms with Gasteiger partial charge in [-0.1, -0.05) is 48.5 Å². The van der Waals surface area contributed by atoms with E-state index in [1.807, 2.05) is 60.8 Å². The molecule has 162 valence electrons. The average molecular weight is 435 g/mol. The lowest BCUT2D eigenvalue weighted by atomic mass is 9.75. The molecule has 6 heteroatoms. The Morgan fingerprint density at radius 1 is 0.939 bits per heavy atom. The molecule has 2 saturated heterocycles. The van der Waals surface area contributed by atoms with Gasteiger partial charge in [-0.05, 0) is 40.5 Å². The van der Waals surface area contributed by atoms with Gasteiger partial charge in [0.25, 0.3) is 0 Å². The van der Waals surface area contributed by atoms with E-state index < -0.39 is 17.4 Å². The number of ketones is 1. The molecule has 2 amide bonds. The summed E-state index contributed by atoms with van der Waals surface area (Å²) in [5.74, 6) is -1.95. The topological polar surface area (TPSA) is 82.3 Å². The highest BCUT2D eigenvalue weighted by atomic mass is 16.2. The maximum Gasteiger partial charge on any atom is 0.235 e. The predicted molar refractivity (Wildman–Crippen MR) is 124 cm³/mol. The van der Waals surface area contributed by atoms with Crippen LogP contribution in [0.15, 0.2) is 66.9 Å². The van der Waals surface area contributed by atoms with E-state index in [-0.39, 0.29) is 23.6 Å². The van der Waals surface area contributed by atoms with Crippen LogP contribution in [0.5, 0.6) is 0 Å². The number of imide groups is 1. The second-order valence-electron chi connectivity index (χ2n) is 9.40. The number of carbonyl (C=O) groups is 3. The molecule has 1 aromatic heterocycles. The number of aromatic nitrogens is 1. The number of hydrogen-bond acceptors (Lipinski definition) is 4. The number of likely N-dealkylation sites (tertiary alicyclic amines) is 1. The first-order valence-corrected chi connectivity index (χ1v) is 11.2. The van der Waals surface area contributed by atoms with Crippen molar-refractivity contribution in [3.63, 3.8) is 0 Å². The minimum absolute atomic E-state index is 0.108. The minimum atomic E-state index is -1.22. The van der Waals surface area contributed by atoms with Crippen LogP contribution in [0.1, 0.15) is 21.5 Å². The van der Waals surface area contributed by atoms with Gasteiger partial charge in [-0.2, -0.15) is 0 Å². The summed E-state index contributed by atoms with van der Waals surface area (Å²) in [5.41, 5.74) is 2.32. The maximum absolute atomic E-state index is 14.0. The van der Waals surface area contributed by atoms with Crippen molar-refractivity contribution in [3.8, 4) is 0 Å². The van der Waals surface area contributed by atoms with Gasteiger partial charge in [-0.25, -0.2) is 0 Å². The van der Waals surface area contributed by atoms with Crippen LogP contribution in [0.3, 0.4) is 0 Å². The number of nitrogens with one attached hydrogen (secondary N) is 2. The molecule has 0 saturated carbocycles. The number of H-pyrrole nitrogens is 1. The number of carbonyl (C=O) groups excluding carboxylic acids is 3. The lowest BCUT2D eigenvalue weighted by Gasteiger charge is -2.30. The molecule has 7 rings (SSSR count). The van der Waals surface area contributed by atoms with Crippen LogP contribution in [0, 0.1) is 11.8 Å². The van der Waals surface area contributed by atoms with Gasteiger partial charge in [0.2, 0.25) is 11.8 Å². The second kappa shape index (κ2) is 6.17. The molecular formula is C27H21N3O3. The van der Waals surface area contributed by atoms with E-state index in [9.17, 15) is 14.4 Å². The molecule has 1 aliphatic carbocycles. The number of hydrogen-bond donors (Lipinski definition) is 2. The third kappa shape index (κ3) is 2.14. The molecule has 0 unspecified atom stereocenters. The number of fused-ring (bicyclic) bond motifs is 4. The fourth-order valence-electron chi connectivity index (χ4n) is 6.56. The Morgan fingerprint density at radius 3 is 2.58 bits per heavy atom. The molecule has 0 radical (unpaired) electrons. The Labute approximate surface area is 189 Å². The van der Waals surface area contributed by atoms with E-state index in [0.29, 0.717) is 12.0 Å². The highest BCUT2D eigenvalue weighted by Gasteiger charge is 2.69. The standard InChI is InChI=1S/C27H21N3O3/c1-30-25(32)22-20(13-15-7-4-10-19-16(15)11-12-28-19)29-27(23(22)26(30)33)18-9-3-6-14-5-2-8-17(21(14)18)24(27)31/h2-12,20,22-23,28-29H,13H2,1H3/t20-,22+,23-,27+/m0/s1. The van der Waals surface area contributed by atoms with Crippen molar-refractivity contribution < 1.29 is 14.4 Å². The normalized spacial score (nSPS) is 28.1. The number of rotatable bonds is 2. The Hall–Kier alpha value is -3.77. The van der Waals surface area contributed by atoms with Gasteiger partial charge >= 0.3 is 0 Å². The Morgan fingerprint density at radius 2 is 1.73 bits per heavy atom. The van der Waals surface area contributed by atoms with Gasteiger partial charge < -0.3 is 4.98 Å². The zero-order chi connectivity index (χ0) is 22.5. The van der Waals surface area contributed by atoms with Crippen LogP contribution in [0.4, 0.5) is 0 Å². The first-order chi connectivity index (χ1) is 16.0. The fourth-order valence-corrected chi connectivity index (χ4v) is 6.56. The molecule has 6 nitrogen and oxygen atoms in total. The molecular weight excluding hydrogens is 414 g/mol. The van der Waals surface area contributed by atoms with Gasteiger partial charge in [0.15, 0.2) is 5.78 Å².